The van der Waals surface area contributed by atoms with Gasteiger partial charge in [0.1, 0.15) is 0 Å². The van der Waals surface area contributed by atoms with Gasteiger partial charge in [-0.1, -0.05) is 47.1 Å². The molecule has 1 aromatic carbocycles. The highest BCUT2D eigenvalue weighted by atomic mass is 19.4. The van der Waals surface area contributed by atoms with Crippen molar-refractivity contribution in [2.45, 2.75) is 98.7 Å². The number of aliphatic imine (C=N–C) groups is 1. The minimum Gasteiger partial charge on any atom is -0.402 e. The molecule has 2 aromatic rings. The molecule has 2 saturated heterocycles. The molecule has 4 rings (SSSR count). The first-order valence-corrected chi connectivity index (χ1v) is 15.6. The number of halogens is 3. The second-order valence-corrected chi connectivity index (χ2v) is 10.9. The number of piperidine rings is 1. The number of ether oxygens (including phenoxy) is 1. The number of nitrogens with one attached hydrogen (secondary N) is 1. The Bertz CT molecular complexity index is 1160. The van der Waals surface area contributed by atoms with Gasteiger partial charge in [0.25, 0.3) is 0 Å². The third kappa shape index (κ3) is 10.3. The van der Waals surface area contributed by atoms with Crippen molar-refractivity contribution in [1.29, 1.82) is 0 Å². The van der Waals surface area contributed by atoms with E-state index in [9.17, 15) is 13.2 Å². The number of hydrogen-bond donors (Lipinski definition) is 2. The predicted octanol–water partition coefficient (Wildman–Crippen LogP) is 7.64. The van der Waals surface area contributed by atoms with Crippen LogP contribution in [-0.4, -0.2) is 47.8 Å². The molecule has 3 N–H and O–H groups in total. The van der Waals surface area contributed by atoms with Crippen LogP contribution in [0.3, 0.4) is 0 Å². The summed E-state index contributed by atoms with van der Waals surface area (Å²) in [6.45, 7) is 15.8. The van der Waals surface area contributed by atoms with E-state index in [1.165, 1.54) is 28.2 Å². The second kappa shape index (κ2) is 17.5. The molecule has 0 amide bonds. The molecular formula is C33H52F3N5O. The van der Waals surface area contributed by atoms with Gasteiger partial charge in [0.2, 0.25) is 0 Å². The molecule has 42 heavy (non-hydrogen) atoms. The lowest BCUT2D eigenvalue weighted by Crippen LogP contribution is -2.35. The molecule has 1 atom stereocenters. The number of hydrogen-bond acceptors (Lipinski definition) is 5. The summed E-state index contributed by atoms with van der Waals surface area (Å²) in [4.78, 5) is 4.97. The fraction of sp³-hybridized carbons (Fsp3) is 0.636. The van der Waals surface area contributed by atoms with Crippen LogP contribution >= 0.6 is 0 Å². The molecule has 2 aliphatic heterocycles. The van der Waals surface area contributed by atoms with Crippen molar-refractivity contribution in [2.75, 3.05) is 26.3 Å². The maximum absolute atomic E-state index is 13.3. The Morgan fingerprint density at radius 3 is 2.48 bits per heavy atom. The smallest absolute Gasteiger partial charge is 0.402 e. The lowest BCUT2D eigenvalue weighted by atomic mass is 9.93. The molecule has 9 heteroatoms. The van der Waals surface area contributed by atoms with Gasteiger partial charge < -0.3 is 15.8 Å². The Hall–Kier alpha value is -2.65. The molecule has 0 bridgehead atoms. The number of nitrogens with two attached hydrogens (primary N) is 1. The average molecular weight is 592 g/mol. The zero-order valence-corrected chi connectivity index (χ0v) is 26.7. The van der Waals surface area contributed by atoms with E-state index in [1.807, 2.05) is 13.8 Å². The molecule has 2 fully saturated rings. The van der Waals surface area contributed by atoms with Gasteiger partial charge in [-0.2, -0.15) is 18.3 Å². The Kier molecular flexibility index (Phi) is 14.8. The summed E-state index contributed by atoms with van der Waals surface area (Å²) in [5, 5.41) is 7.40. The van der Waals surface area contributed by atoms with Gasteiger partial charge >= 0.3 is 6.18 Å². The van der Waals surface area contributed by atoms with Crippen LogP contribution in [0.2, 0.25) is 0 Å². The van der Waals surface area contributed by atoms with E-state index >= 15 is 0 Å². The third-order valence-electron chi connectivity index (χ3n) is 7.81. The van der Waals surface area contributed by atoms with Crippen LogP contribution in [0.15, 0.2) is 40.8 Å². The molecular weight excluding hydrogens is 539 g/mol. The molecule has 0 radical (unpaired) electrons. The Labute approximate surface area is 251 Å². The van der Waals surface area contributed by atoms with E-state index in [0.717, 1.165) is 82.5 Å². The number of nitrogens with zero attached hydrogens (tertiary/aromatic N) is 3. The van der Waals surface area contributed by atoms with Crippen LogP contribution in [-0.2, 0) is 24.4 Å². The van der Waals surface area contributed by atoms with E-state index in [-0.39, 0.29) is 5.56 Å². The van der Waals surface area contributed by atoms with Crippen molar-refractivity contribution in [2.24, 2.45) is 23.7 Å². The number of rotatable bonds is 7. The molecule has 1 aromatic heterocycles. The summed E-state index contributed by atoms with van der Waals surface area (Å²) >= 11 is 0. The Balaban J connectivity index is 0.000000278. The SMILES string of the molecule is CC.CCC(C)/C(N)=C1\CNCCC1=NC1CCOCC1.CCCCc1cc(-c2cnn(C)c2)c(C(F)(F)F)cc1C. The fourth-order valence-corrected chi connectivity index (χ4v) is 5.06. The van der Waals surface area contributed by atoms with E-state index in [1.54, 1.807) is 26.2 Å². The summed E-state index contributed by atoms with van der Waals surface area (Å²) in [7, 11) is 1.70. The van der Waals surface area contributed by atoms with E-state index in [0.29, 0.717) is 23.1 Å². The number of allylic oxidation sites excluding steroid dienone is 1. The molecule has 0 aliphatic carbocycles. The minimum atomic E-state index is -4.36. The summed E-state index contributed by atoms with van der Waals surface area (Å²) in [5.41, 5.74) is 11.7. The van der Waals surface area contributed by atoms with Crippen LogP contribution in [0.1, 0.15) is 89.8 Å². The Morgan fingerprint density at radius 2 is 1.90 bits per heavy atom. The van der Waals surface area contributed by atoms with Gasteiger partial charge in [0, 0.05) is 68.5 Å². The molecule has 1 unspecified atom stereocenters. The average Bonchev–Trinajstić information content (AvgIpc) is 3.43. The van der Waals surface area contributed by atoms with Gasteiger partial charge in [-0.05, 0) is 67.7 Å². The van der Waals surface area contributed by atoms with Crippen molar-refractivity contribution < 1.29 is 17.9 Å². The maximum Gasteiger partial charge on any atom is 0.417 e. The lowest BCUT2D eigenvalue weighted by molar-refractivity contribution is -0.137. The van der Waals surface area contributed by atoms with Crippen LogP contribution in [0.25, 0.3) is 11.1 Å². The number of benzene rings is 1. The van der Waals surface area contributed by atoms with Crippen molar-refractivity contribution in [3.05, 3.63) is 52.5 Å². The number of unbranched alkanes of at least 4 members (excludes halogenated alkanes) is 1. The largest absolute Gasteiger partial charge is 0.417 e. The van der Waals surface area contributed by atoms with E-state index < -0.39 is 11.7 Å². The predicted molar refractivity (Wildman–Crippen MR) is 168 cm³/mol. The van der Waals surface area contributed by atoms with Gasteiger partial charge in [-0.25, -0.2) is 0 Å². The molecule has 3 heterocycles. The Morgan fingerprint density at radius 1 is 1.21 bits per heavy atom. The zero-order valence-electron chi connectivity index (χ0n) is 26.7. The molecule has 0 saturated carbocycles. The van der Waals surface area contributed by atoms with Gasteiger partial charge in [0.15, 0.2) is 0 Å². The second-order valence-electron chi connectivity index (χ2n) is 10.9. The third-order valence-corrected chi connectivity index (χ3v) is 7.81. The first-order chi connectivity index (χ1) is 20.0. The maximum atomic E-state index is 13.3. The molecule has 0 spiro atoms. The van der Waals surface area contributed by atoms with E-state index in [4.69, 9.17) is 15.5 Å². The van der Waals surface area contributed by atoms with Crippen LogP contribution in [0.5, 0.6) is 0 Å². The zero-order chi connectivity index (χ0) is 31.3. The van der Waals surface area contributed by atoms with Crippen molar-refractivity contribution >= 4 is 5.71 Å². The fourth-order valence-electron chi connectivity index (χ4n) is 5.06. The van der Waals surface area contributed by atoms with Crippen molar-refractivity contribution in [3.8, 4) is 11.1 Å². The van der Waals surface area contributed by atoms with Gasteiger partial charge in [-0.3, -0.25) is 9.67 Å². The highest BCUT2D eigenvalue weighted by Crippen LogP contribution is 2.39. The number of aryl methyl sites for hydroxylation is 3. The van der Waals surface area contributed by atoms with Crippen molar-refractivity contribution in [3.63, 3.8) is 0 Å². The summed E-state index contributed by atoms with van der Waals surface area (Å²) in [5.74, 6) is 0.440. The summed E-state index contributed by atoms with van der Waals surface area (Å²) in [6.07, 6.45) is 5.70. The van der Waals surface area contributed by atoms with Gasteiger partial charge in [-0.15, -0.1) is 0 Å². The number of alkyl halides is 3. The van der Waals surface area contributed by atoms with Crippen LogP contribution < -0.4 is 11.1 Å². The van der Waals surface area contributed by atoms with Crippen LogP contribution in [0.4, 0.5) is 13.2 Å². The summed E-state index contributed by atoms with van der Waals surface area (Å²) in [6, 6.07) is 3.36. The monoisotopic (exact) mass is 591 g/mol. The topological polar surface area (TPSA) is 77.5 Å². The quantitative estimate of drug-likeness (QED) is 0.347. The van der Waals surface area contributed by atoms with Crippen LogP contribution in [0, 0.1) is 12.8 Å². The normalized spacial score (nSPS) is 19.0. The highest BCUT2D eigenvalue weighted by Gasteiger charge is 2.34. The van der Waals surface area contributed by atoms with E-state index in [2.05, 4.69) is 31.2 Å². The first kappa shape index (κ1) is 35.5. The lowest BCUT2D eigenvalue weighted by Gasteiger charge is -2.26. The number of aromatic nitrogens is 2. The standard InChI is InChI=1S/C16H19F3N2.C15H27N3O.C2H6/c1-4-5-6-12-8-14(13-9-20-21(3)10-13)15(7-11(12)2)16(17,18)19;1-3-11(2)15(16)13-10-17-7-4-14(13)18-12-5-8-19-9-6-12;1-2/h7-10H,4-6H2,1-3H3;11-12,17H,3-10,16H2,1-2H3;1-2H3/b;15-13-,18-14?;. The summed E-state index contributed by atoms with van der Waals surface area (Å²) < 4.78 is 46.7. The molecule has 236 valence electrons. The minimum absolute atomic E-state index is 0.215. The molecule has 2 aliphatic rings. The first-order valence-electron chi connectivity index (χ1n) is 15.6. The van der Waals surface area contributed by atoms with Crippen molar-refractivity contribution in [1.82, 2.24) is 15.1 Å². The molecule has 6 nitrogen and oxygen atoms in total. The highest BCUT2D eigenvalue weighted by molar-refractivity contribution is 6.02. The van der Waals surface area contributed by atoms with Gasteiger partial charge in [0.05, 0.1) is 17.8 Å².